The van der Waals surface area contributed by atoms with Crippen molar-refractivity contribution >= 4 is 0 Å². The van der Waals surface area contributed by atoms with Crippen LogP contribution in [0.25, 0.3) is 0 Å². The van der Waals surface area contributed by atoms with E-state index in [9.17, 15) is 0 Å². The molecule has 0 amide bonds. The third-order valence-electron chi connectivity index (χ3n) is 0.828. The Bertz CT molecular complexity index is 231. The summed E-state index contributed by atoms with van der Waals surface area (Å²) in [5, 5.41) is 0. The van der Waals surface area contributed by atoms with Crippen molar-refractivity contribution in [3.8, 4) is 0 Å². The van der Waals surface area contributed by atoms with Crippen LogP contribution in [0.15, 0.2) is 49.1 Å². The molecule has 0 N–H and O–H groups in total. The number of hydrogen-bond donors (Lipinski definition) is 0. The molecular formula is C13H12CrO3-. The average molecular weight is 268 g/mol. The van der Waals surface area contributed by atoms with Gasteiger partial charge in [-0.1, -0.05) is 24.3 Å². The molecule has 1 rings (SSSR count). The summed E-state index contributed by atoms with van der Waals surface area (Å²) in [6, 6.07) is 0. The zero-order valence-corrected chi connectivity index (χ0v) is 10.4. The van der Waals surface area contributed by atoms with Gasteiger partial charge in [0.1, 0.15) is 0 Å². The van der Waals surface area contributed by atoms with Gasteiger partial charge in [0.25, 0.3) is 0 Å². The summed E-state index contributed by atoms with van der Waals surface area (Å²) in [4.78, 5) is 0. The quantitative estimate of drug-likeness (QED) is 0.399. The van der Waals surface area contributed by atoms with Crippen molar-refractivity contribution in [1.29, 1.82) is 0 Å². The molecule has 0 unspecified atom stereocenters. The molecule has 0 aromatic rings. The van der Waals surface area contributed by atoms with Gasteiger partial charge in [0.15, 0.2) is 0 Å². The van der Waals surface area contributed by atoms with E-state index in [1.807, 2.05) is 30.7 Å². The van der Waals surface area contributed by atoms with E-state index in [-0.39, 0.29) is 17.4 Å². The fourth-order valence-electron chi connectivity index (χ4n) is 0.417. The van der Waals surface area contributed by atoms with Gasteiger partial charge in [0.05, 0.1) is 0 Å². The van der Waals surface area contributed by atoms with Crippen LogP contribution in [0.2, 0.25) is 0 Å². The third-order valence-corrected chi connectivity index (χ3v) is 0.828. The molecule has 3 nitrogen and oxygen atoms in total. The Hall–Kier alpha value is -1.42. The summed E-state index contributed by atoms with van der Waals surface area (Å²) in [6.45, 7) is 20.3. The molecule has 0 aromatic heterocycles. The Morgan fingerprint density at radius 3 is 1.29 bits per heavy atom. The summed E-state index contributed by atoms with van der Waals surface area (Å²) in [5.74, 6) is 0. The topological polar surface area (TPSA) is 59.7 Å². The van der Waals surface area contributed by atoms with Crippen LogP contribution in [0.3, 0.4) is 0 Å². The predicted molar refractivity (Wildman–Crippen MR) is 59.1 cm³/mol. The molecule has 1 radical (unpaired) electrons. The summed E-state index contributed by atoms with van der Waals surface area (Å²) >= 11 is 0. The van der Waals surface area contributed by atoms with E-state index < -0.39 is 0 Å². The maximum absolute atomic E-state index is 7.50. The van der Waals surface area contributed by atoms with Gasteiger partial charge < -0.3 is 0 Å². The second kappa shape index (κ2) is 62.1. The standard InChI is InChI=1S/C5H5.C5H7.3CO.Cr/c1-2-4-5-3-1;1-3-5-4-2;3*1-2;/h1-5H;3-5H,1-2H2;;;;/q;-1;;;;/b;5-3+;;;;. The first kappa shape index (κ1) is 29.6. The van der Waals surface area contributed by atoms with Crippen molar-refractivity contribution in [1.82, 2.24) is 0 Å². The zero-order valence-electron chi connectivity index (χ0n) is 9.17. The summed E-state index contributed by atoms with van der Waals surface area (Å²) < 4.78 is 22.5. The minimum Gasteiger partial charge on any atom is -0.0767 e. The molecule has 0 fully saturated rings. The Morgan fingerprint density at radius 1 is 0.882 bits per heavy atom. The Labute approximate surface area is 114 Å². The van der Waals surface area contributed by atoms with E-state index in [1.54, 1.807) is 18.2 Å². The Morgan fingerprint density at radius 2 is 1.24 bits per heavy atom. The molecule has 0 saturated heterocycles. The van der Waals surface area contributed by atoms with Crippen LogP contribution in [0.1, 0.15) is 0 Å². The second-order valence-corrected chi connectivity index (χ2v) is 1.63. The van der Waals surface area contributed by atoms with Crippen molar-refractivity contribution < 1.29 is 31.3 Å². The van der Waals surface area contributed by atoms with Crippen LogP contribution in [-0.4, -0.2) is 0 Å². The normalized spacial score (nSPS) is 8.12. The first-order valence-electron chi connectivity index (χ1n) is 3.76. The van der Waals surface area contributed by atoms with Gasteiger partial charge in [-0.05, 0) is 0 Å². The van der Waals surface area contributed by atoms with Gasteiger partial charge in [-0.3, -0.25) is 0 Å². The molecule has 0 aromatic carbocycles. The predicted octanol–water partition coefficient (Wildman–Crippen LogP) is 2.76. The fourth-order valence-corrected chi connectivity index (χ4v) is 0.417. The molecule has 0 saturated carbocycles. The maximum Gasteiger partial charge on any atom is 0.00506 e. The molecule has 17 heavy (non-hydrogen) atoms. The summed E-state index contributed by atoms with van der Waals surface area (Å²) in [7, 11) is 0. The van der Waals surface area contributed by atoms with Crippen molar-refractivity contribution in [2.45, 2.75) is 0 Å². The molecule has 0 heterocycles. The third kappa shape index (κ3) is 74.1. The second-order valence-electron chi connectivity index (χ2n) is 1.63. The maximum atomic E-state index is 7.50. The monoisotopic (exact) mass is 268 g/mol. The van der Waals surface area contributed by atoms with Gasteiger partial charge >= 0.3 is 33.9 Å². The molecule has 0 atom stereocenters. The summed E-state index contributed by atoms with van der Waals surface area (Å²) in [5.41, 5.74) is 0. The fraction of sp³-hybridized carbons (Fsp3) is 0. The number of hydrogen-bond acceptors (Lipinski definition) is 0. The van der Waals surface area contributed by atoms with Crippen LogP contribution in [0, 0.1) is 33.3 Å². The van der Waals surface area contributed by atoms with Gasteiger partial charge in [-0.15, -0.1) is 6.58 Å². The van der Waals surface area contributed by atoms with Crippen molar-refractivity contribution in [3.05, 3.63) is 82.4 Å². The van der Waals surface area contributed by atoms with Gasteiger partial charge in [0, 0.05) is 23.8 Å². The zero-order chi connectivity index (χ0) is 13.7. The minimum atomic E-state index is 0. The van der Waals surface area contributed by atoms with Crippen LogP contribution >= 0.6 is 0 Å². The summed E-state index contributed by atoms with van der Waals surface area (Å²) in [6.07, 6.45) is 15.2. The van der Waals surface area contributed by atoms with Crippen LogP contribution < -0.4 is 0 Å². The molecule has 0 spiro atoms. The van der Waals surface area contributed by atoms with Crippen LogP contribution in [0.4, 0.5) is 0 Å². The van der Waals surface area contributed by atoms with E-state index in [0.717, 1.165) is 0 Å². The SMILES string of the molecule is C=C/C=C/[CH2-].[C-]#[O+].[C-]#[O+].[C-]#[O+].[CH]1C=CC=C1.[Cr]. The molecular weight excluding hydrogens is 256 g/mol. The largest absolute Gasteiger partial charge is 0.0767 e. The molecule has 1 aliphatic rings. The van der Waals surface area contributed by atoms with Crippen LogP contribution in [-0.2, 0) is 31.3 Å². The molecule has 0 aliphatic heterocycles. The first-order chi connectivity index (χ1) is 7.91. The van der Waals surface area contributed by atoms with Crippen molar-refractivity contribution in [2.24, 2.45) is 0 Å². The molecule has 1 aliphatic carbocycles. The van der Waals surface area contributed by atoms with Crippen molar-refractivity contribution in [2.75, 3.05) is 0 Å². The number of allylic oxidation sites excluding steroid dienone is 7. The Balaban J connectivity index is -0.0000000380. The van der Waals surface area contributed by atoms with E-state index in [1.165, 1.54) is 0 Å². The Kier molecular flexibility index (Phi) is 108. The molecule has 89 valence electrons. The van der Waals surface area contributed by atoms with Gasteiger partial charge in [-0.25, -0.2) is 19.1 Å². The molecule has 0 bridgehead atoms. The van der Waals surface area contributed by atoms with E-state index in [0.29, 0.717) is 0 Å². The minimum absolute atomic E-state index is 0. The van der Waals surface area contributed by atoms with Gasteiger partial charge in [0.2, 0.25) is 0 Å². The van der Waals surface area contributed by atoms with Crippen molar-refractivity contribution in [3.63, 3.8) is 0 Å². The first-order valence-corrected chi connectivity index (χ1v) is 3.76. The van der Waals surface area contributed by atoms with E-state index in [4.69, 9.17) is 14.0 Å². The van der Waals surface area contributed by atoms with E-state index in [2.05, 4.69) is 33.5 Å². The molecule has 4 heteroatoms. The average Bonchev–Trinajstić information content (AvgIpc) is 2.97. The van der Waals surface area contributed by atoms with Crippen LogP contribution in [0.5, 0.6) is 0 Å². The van der Waals surface area contributed by atoms with E-state index >= 15 is 0 Å². The number of rotatable bonds is 1. The van der Waals surface area contributed by atoms with Gasteiger partial charge in [-0.2, -0.15) is 6.08 Å². The smallest absolute Gasteiger partial charge is 0.00506 e.